The second-order valence-electron chi connectivity index (χ2n) is 3.98. The number of halogens is 1. The van der Waals surface area contributed by atoms with Crippen molar-refractivity contribution < 1.29 is 4.79 Å². The Bertz CT molecular complexity index is 397. The molecule has 1 aliphatic carbocycles. The average molecular weight is 280 g/mol. The zero-order valence-corrected chi connectivity index (χ0v) is 10.5. The smallest absolute Gasteiger partial charge is 0.227 e. The van der Waals surface area contributed by atoms with Crippen molar-refractivity contribution in [2.75, 3.05) is 5.32 Å². The van der Waals surface area contributed by atoms with Gasteiger partial charge in [-0.05, 0) is 43.5 Å². The van der Waals surface area contributed by atoms with Crippen LogP contribution < -0.4 is 5.32 Å². The quantitative estimate of drug-likeness (QED) is 0.821. The highest BCUT2D eigenvalue weighted by atomic mass is 79.9. The molecule has 1 aromatic rings. The first kappa shape index (κ1) is 11.4. The third-order valence-corrected chi connectivity index (χ3v) is 3.28. The van der Waals surface area contributed by atoms with Crippen LogP contribution >= 0.6 is 15.9 Å². The highest BCUT2D eigenvalue weighted by Gasteiger charge is 2.18. The Morgan fingerprint density at radius 1 is 1.25 bits per heavy atom. The fourth-order valence-corrected chi connectivity index (χ4v) is 2.07. The molecule has 84 valence electrons. The molecular weight excluding hydrogens is 266 g/mol. The lowest BCUT2D eigenvalue weighted by Gasteiger charge is -2.17. The van der Waals surface area contributed by atoms with Crippen molar-refractivity contribution in [1.29, 1.82) is 0 Å². The summed E-state index contributed by atoms with van der Waals surface area (Å²) in [6.45, 7) is 0. The van der Waals surface area contributed by atoms with E-state index in [2.05, 4.69) is 33.4 Å². The Labute approximate surface area is 104 Å². The van der Waals surface area contributed by atoms with Crippen LogP contribution in [0.3, 0.4) is 0 Å². The summed E-state index contributed by atoms with van der Waals surface area (Å²) in [7, 11) is 0. The van der Waals surface area contributed by atoms with Gasteiger partial charge in [0, 0.05) is 16.1 Å². The molecule has 3 heteroatoms. The molecule has 0 heterocycles. The standard InChI is InChI=1S/C13H14BrNO/c14-11-6-8-12(9-7-11)15-13(16)10-4-2-1-3-5-10/h1-2,6-10H,3-5H2,(H,15,16)/t10-/m1/s1. The third-order valence-electron chi connectivity index (χ3n) is 2.75. The van der Waals surface area contributed by atoms with E-state index >= 15 is 0 Å². The molecule has 16 heavy (non-hydrogen) atoms. The first-order chi connectivity index (χ1) is 7.75. The number of benzene rings is 1. The average Bonchev–Trinajstić information content (AvgIpc) is 2.33. The molecule has 0 aromatic heterocycles. The van der Waals surface area contributed by atoms with Gasteiger partial charge in [-0.3, -0.25) is 4.79 Å². The summed E-state index contributed by atoms with van der Waals surface area (Å²) < 4.78 is 1.02. The van der Waals surface area contributed by atoms with E-state index in [9.17, 15) is 4.79 Å². The van der Waals surface area contributed by atoms with Crippen LogP contribution in [0.25, 0.3) is 0 Å². The Morgan fingerprint density at radius 2 is 2.00 bits per heavy atom. The van der Waals surface area contributed by atoms with Crippen molar-refractivity contribution in [2.45, 2.75) is 19.3 Å². The van der Waals surface area contributed by atoms with Gasteiger partial charge in [0.2, 0.25) is 5.91 Å². The molecule has 0 fully saturated rings. The number of carbonyl (C=O) groups is 1. The molecular formula is C13H14BrNO. The first-order valence-corrected chi connectivity index (χ1v) is 6.26. The van der Waals surface area contributed by atoms with Crippen LogP contribution in [0, 0.1) is 5.92 Å². The molecule has 0 radical (unpaired) electrons. The number of carbonyl (C=O) groups excluding carboxylic acids is 1. The van der Waals surface area contributed by atoms with Crippen molar-refractivity contribution in [3.63, 3.8) is 0 Å². The largest absolute Gasteiger partial charge is 0.326 e. The van der Waals surface area contributed by atoms with Crippen LogP contribution in [-0.2, 0) is 4.79 Å². The predicted octanol–water partition coefficient (Wildman–Crippen LogP) is 3.74. The molecule has 1 amide bonds. The Hall–Kier alpha value is -1.09. The van der Waals surface area contributed by atoms with Gasteiger partial charge in [-0.25, -0.2) is 0 Å². The molecule has 1 atom stereocenters. The van der Waals surface area contributed by atoms with E-state index in [1.165, 1.54) is 0 Å². The predicted molar refractivity (Wildman–Crippen MR) is 69.3 cm³/mol. The number of hydrogen-bond acceptors (Lipinski definition) is 1. The molecule has 0 saturated carbocycles. The zero-order chi connectivity index (χ0) is 11.4. The minimum Gasteiger partial charge on any atom is -0.326 e. The SMILES string of the molecule is O=C(Nc1ccc(Br)cc1)[C@@H]1CC=CCC1. The molecule has 2 rings (SSSR count). The molecule has 0 unspecified atom stereocenters. The van der Waals surface area contributed by atoms with Crippen LogP contribution in [0.15, 0.2) is 40.9 Å². The van der Waals surface area contributed by atoms with Crippen LogP contribution in [0.4, 0.5) is 5.69 Å². The second kappa shape index (κ2) is 5.30. The van der Waals surface area contributed by atoms with Gasteiger partial charge in [-0.15, -0.1) is 0 Å². The third kappa shape index (κ3) is 2.95. The number of rotatable bonds is 2. The first-order valence-electron chi connectivity index (χ1n) is 5.47. The van der Waals surface area contributed by atoms with Crippen LogP contribution in [0.1, 0.15) is 19.3 Å². The number of amides is 1. The van der Waals surface area contributed by atoms with Crippen LogP contribution in [0.5, 0.6) is 0 Å². The molecule has 0 bridgehead atoms. The maximum Gasteiger partial charge on any atom is 0.227 e. The second-order valence-corrected chi connectivity index (χ2v) is 4.89. The molecule has 1 aliphatic rings. The van der Waals surface area contributed by atoms with Gasteiger partial charge < -0.3 is 5.32 Å². The van der Waals surface area contributed by atoms with E-state index in [1.807, 2.05) is 24.3 Å². The van der Waals surface area contributed by atoms with Gasteiger partial charge in [-0.2, -0.15) is 0 Å². The van der Waals surface area contributed by atoms with Crippen molar-refractivity contribution in [3.8, 4) is 0 Å². The van der Waals surface area contributed by atoms with Gasteiger partial charge in [0.05, 0.1) is 0 Å². The Kier molecular flexibility index (Phi) is 3.78. The number of allylic oxidation sites excluding steroid dienone is 2. The normalized spacial score (nSPS) is 19.4. The number of anilines is 1. The lowest BCUT2D eigenvalue weighted by atomic mass is 9.93. The maximum absolute atomic E-state index is 11.9. The van der Waals surface area contributed by atoms with E-state index in [0.717, 1.165) is 29.4 Å². The minimum atomic E-state index is 0.131. The summed E-state index contributed by atoms with van der Waals surface area (Å²) in [4.78, 5) is 11.9. The molecule has 0 saturated heterocycles. The molecule has 0 aliphatic heterocycles. The van der Waals surface area contributed by atoms with Crippen molar-refractivity contribution >= 4 is 27.5 Å². The topological polar surface area (TPSA) is 29.1 Å². The van der Waals surface area contributed by atoms with Gasteiger partial charge >= 0.3 is 0 Å². The van der Waals surface area contributed by atoms with Crippen LogP contribution in [0.2, 0.25) is 0 Å². The van der Waals surface area contributed by atoms with Crippen LogP contribution in [-0.4, -0.2) is 5.91 Å². The molecule has 1 aromatic carbocycles. The lowest BCUT2D eigenvalue weighted by molar-refractivity contribution is -0.120. The van der Waals surface area contributed by atoms with E-state index in [1.54, 1.807) is 0 Å². The monoisotopic (exact) mass is 279 g/mol. The molecule has 2 nitrogen and oxygen atoms in total. The number of hydrogen-bond donors (Lipinski definition) is 1. The van der Waals surface area contributed by atoms with Crippen molar-refractivity contribution in [1.82, 2.24) is 0 Å². The summed E-state index contributed by atoms with van der Waals surface area (Å²) in [5.74, 6) is 0.264. The zero-order valence-electron chi connectivity index (χ0n) is 8.95. The van der Waals surface area contributed by atoms with Crippen molar-refractivity contribution in [3.05, 3.63) is 40.9 Å². The summed E-state index contributed by atoms with van der Waals surface area (Å²) in [6.07, 6.45) is 7.07. The van der Waals surface area contributed by atoms with E-state index < -0.39 is 0 Å². The van der Waals surface area contributed by atoms with E-state index in [-0.39, 0.29) is 11.8 Å². The summed E-state index contributed by atoms with van der Waals surface area (Å²) in [6, 6.07) is 7.66. The summed E-state index contributed by atoms with van der Waals surface area (Å²) in [5, 5.41) is 2.95. The van der Waals surface area contributed by atoms with Gasteiger partial charge in [0.15, 0.2) is 0 Å². The van der Waals surface area contributed by atoms with Gasteiger partial charge in [0.1, 0.15) is 0 Å². The Morgan fingerprint density at radius 3 is 2.62 bits per heavy atom. The minimum absolute atomic E-state index is 0.131. The van der Waals surface area contributed by atoms with Gasteiger partial charge in [-0.1, -0.05) is 28.1 Å². The lowest BCUT2D eigenvalue weighted by Crippen LogP contribution is -2.23. The van der Waals surface area contributed by atoms with E-state index in [4.69, 9.17) is 0 Å². The summed E-state index contributed by atoms with van der Waals surface area (Å²) in [5.41, 5.74) is 0.864. The Balaban J connectivity index is 1.96. The molecule has 0 spiro atoms. The maximum atomic E-state index is 11.9. The fourth-order valence-electron chi connectivity index (χ4n) is 1.81. The highest BCUT2D eigenvalue weighted by molar-refractivity contribution is 9.10. The number of nitrogens with one attached hydrogen (secondary N) is 1. The summed E-state index contributed by atoms with van der Waals surface area (Å²) >= 11 is 3.37. The molecule has 1 N–H and O–H groups in total. The van der Waals surface area contributed by atoms with E-state index in [0.29, 0.717) is 0 Å². The highest BCUT2D eigenvalue weighted by Crippen LogP contribution is 2.21. The fraction of sp³-hybridized carbons (Fsp3) is 0.308. The van der Waals surface area contributed by atoms with Gasteiger partial charge in [0.25, 0.3) is 0 Å². The van der Waals surface area contributed by atoms with Crippen molar-refractivity contribution in [2.24, 2.45) is 5.92 Å².